The molecule has 1 aliphatic carbocycles. The Balaban J connectivity index is 1.50. The molecule has 0 bridgehead atoms. The lowest BCUT2D eigenvalue weighted by atomic mass is 9.90. The monoisotopic (exact) mass is 378 g/mol. The lowest BCUT2D eigenvalue weighted by Crippen LogP contribution is -2.30. The Morgan fingerprint density at radius 3 is 2.46 bits per heavy atom. The van der Waals surface area contributed by atoms with Crippen molar-refractivity contribution in [3.8, 4) is 5.75 Å². The van der Waals surface area contributed by atoms with Crippen LogP contribution in [-0.2, 0) is 4.74 Å². The number of fused-ring (bicyclic) bond motifs is 2. The molecule has 28 heavy (non-hydrogen) atoms. The van der Waals surface area contributed by atoms with Crippen LogP contribution in [0, 0.1) is 11.8 Å². The first-order valence-electron chi connectivity index (χ1n) is 9.63. The predicted octanol–water partition coefficient (Wildman–Crippen LogP) is 1.95. The molecule has 3 aliphatic rings. The first kappa shape index (κ1) is 17.3. The molecular formula is C22H22N2O4. The Labute approximate surface area is 163 Å². The van der Waals surface area contributed by atoms with E-state index >= 15 is 0 Å². The highest BCUT2D eigenvalue weighted by atomic mass is 16.5. The Morgan fingerprint density at radius 2 is 1.75 bits per heavy atom. The molecule has 4 atom stereocenters. The number of hydrogen-bond acceptors (Lipinski definition) is 4. The zero-order valence-electron chi connectivity index (χ0n) is 15.6. The van der Waals surface area contributed by atoms with Crippen LogP contribution in [-0.4, -0.2) is 44.7 Å². The van der Waals surface area contributed by atoms with Crippen LogP contribution in [0.3, 0.4) is 0 Å². The molecule has 5 rings (SSSR count). The molecule has 6 heteroatoms. The van der Waals surface area contributed by atoms with Gasteiger partial charge in [0.1, 0.15) is 5.75 Å². The number of rotatable bonds is 4. The lowest BCUT2D eigenvalue weighted by Gasteiger charge is -2.13. The van der Waals surface area contributed by atoms with Crippen LogP contribution >= 0.6 is 0 Å². The van der Waals surface area contributed by atoms with Crippen molar-refractivity contribution in [2.75, 3.05) is 26.9 Å². The van der Waals surface area contributed by atoms with Crippen LogP contribution in [0.15, 0.2) is 42.5 Å². The first-order valence-corrected chi connectivity index (χ1v) is 9.63. The molecule has 2 aliphatic heterocycles. The van der Waals surface area contributed by atoms with Gasteiger partial charge >= 0.3 is 0 Å². The van der Waals surface area contributed by atoms with Crippen LogP contribution in [0.1, 0.15) is 37.8 Å². The summed E-state index contributed by atoms with van der Waals surface area (Å²) >= 11 is 0. The Bertz CT molecular complexity index is 933. The molecule has 0 spiro atoms. The second-order valence-electron chi connectivity index (χ2n) is 7.66. The van der Waals surface area contributed by atoms with E-state index in [1.165, 1.54) is 0 Å². The number of benzene rings is 2. The Morgan fingerprint density at radius 1 is 1.00 bits per heavy atom. The van der Waals surface area contributed by atoms with E-state index in [4.69, 9.17) is 9.47 Å². The molecule has 2 N–H and O–H groups in total. The van der Waals surface area contributed by atoms with E-state index in [-0.39, 0.29) is 23.8 Å². The molecule has 2 amide bonds. The number of carbonyl (C=O) groups excluding carboxylic acids is 2. The zero-order chi connectivity index (χ0) is 19.3. The summed E-state index contributed by atoms with van der Waals surface area (Å²) in [5, 5.41) is 5.76. The largest absolute Gasteiger partial charge is 0.491 e. The highest BCUT2D eigenvalue weighted by Crippen LogP contribution is 2.45. The number of amides is 2. The standard InChI is InChI=1S/C22H22N2O4/c1-23-22(26)15-8-13(21(25)24-19-17-9-27-10-18(17)19)7-14-16(11-28-20(14)15)12-5-3-2-4-6-12/h2-8,16-19H,9-11H2,1H3,(H,23,26)(H,24,25)/t16-,17-,18+,19+/m1/s1. The SMILES string of the molecule is CNC(=O)c1cc(C(=O)N[C@H]2[C@@H]3COC[C@@H]32)cc2c1OC[C@@H]2c1ccccc1. The fraction of sp³-hybridized carbons (Fsp3) is 0.364. The van der Waals surface area contributed by atoms with Gasteiger partial charge in [-0.15, -0.1) is 0 Å². The lowest BCUT2D eigenvalue weighted by molar-refractivity contribution is 0.0929. The van der Waals surface area contributed by atoms with Gasteiger partial charge in [-0.25, -0.2) is 0 Å². The maximum absolute atomic E-state index is 12.9. The normalized spacial score (nSPS) is 26.8. The average molecular weight is 378 g/mol. The molecule has 2 heterocycles. The number of carbonyl (C=O) groups is 2. The average Bonchev–Trinajstić information content (AvgIpc) is 3.10. The van der Waals surface area contributed by atoms with Crippen molar-refractivity contribution in [1.82, 2.24) is 10.6 Å². The van der Waals surface area contributed by atoms with Crippen LogP contribution in [0.25, 0.3) is 0 Å². The summed E-state index contributed by atoms with van der Waals surface area (Å²) in [5.74, 6) is 1.03. The molecule has 1 saturated heterocycles. The second-order valence-corrected chi connectivity index (χ2v) is 7.66. The maximum atomic E-state index is 12.9. The summed E-state index contributed by atoms with van der Waals surface area (Å²) in [6.07, 6.45) is 0. The summed E-state index contributed by atoms with van der Waals surface area (Å²) in [7, 11) is 1.58. The molecule has 0 radical (unpaired) electrons. The van der Waals surface area contributed by atoms with Crippen molar-refractivity contribution in [2.45, 2.75) is 12.0 Å². The summed E-state index contributed by atoms with van der Waals surface area (Å²) < 4.78 is 11.3. The van der Waals surface area contributed by atoms with Crippen molar-refractivity contribution < 1.29 is 19.1 Å². The molecule has 1 saturated carbocycles. The molecular weight excluding hydrogens is 356 g/mol. The van der Waals surface area contributed by atoms with E-state index in [0.29, 0.717) is 48.5 Å². The van der Waals surface area contributed by atoms with Gasteiger partial charge in [-0.05, 0) is 17.7 Å². The summed E-state index contributed by atoms with van der Waals surface area (Å²) in [6, 6.07) is 13.7. The highest BCUT2D eigenvalue weighted by molar-refractivity contribution is 6.02. The highest BCUT2D eigenvalue weighted by Gasteiger charge is 2.54. The van der Waals surface area contributed by atoms with Gasteiger partial charge in [-0.3, -0.25) is 9.59 Å². The quantitative estimate of drug-likeness (QED) is 0.853. The van der Waals surface area contributed by atoms with Crippen molar-refractivity contribution >= 4 is 11.8 Å². The van der Waals surface area contributed by atoms with Crippen molar-refractivity contribution in [3.05, 3.63) is 64.7 Å². The number of hydrogen-bond donors (Lipinski definition) is 2. The molecule has 2 fully saturated rings. The summed E-state index contributed by atoms with van der Waals surface area (Å²) in [4.78, 5) is 25.4. The Kier molecular flexibility index (Phi) is 4.09. The fourth-order valence-electron chi connectivity index (χ4n) is 4.41. The summed E-state index contributed by atoms with van der Waals surface area (Å²) in [5.41, 5.74) is 2.89. The second kappa shape index (κ2) is 6.63. The maximum Gasteiger partial charge on any atom is 0.254 e. The minimum Gasteiger partial charge on any atom is -0.491 e. The van der Waals surface area contributed by atoms with E-state index in [2.05, 4.69) is 10.6 Å². The van der Waals surface area contributed by atoms with Crippen molar-refractivity contribution in [3.63, 3.8) is 0 Å². The van der Waals surface area contributed by atoms with Crippen LogP contribution in [0.5, 0.6) is 5.75 Å². The van der Waals surface area contributed by atoms with Crippen molar-refractivity contribution in [2.24, 2.45) is 11.8 Å². The van der Waals surface area contributed by atoms with E-state index in [0.717, 1.165) is 11.1 Å². The van der Waals surface area contributed by atoms with Crippen LogP contribution in [0.4, 0.5) is 0 Å². The summed E-state index contributed by atoms with van der Waals surface area (Å²) in [6.45, 7) is 1.89. The van der Waals surface area contributed by atoms with Gasteiger partial charge < -0.3 is 20.1 Å². The smallest absolute Gasteiger partial charge is 0.254 e. The van der Waals surface area contributed by atoms with Gasteiger partial charge in [0.05, 0.1) is 25.4 Å². The first-order chi connectivity index (χ1) is 13.7. The van der Waals surface area contributed by atoms with Gasteiger partial charge in [-0.1, -0.05) is 30.3 Å². The van der Waals surface area contributed by atoms with E-state index in [1.54, 1.807) is 13.1 Å². The van der Waals surface area contributed by atoms with Gasteiger partial charge in [0.2, 0.25) is 0 Å². The third-order valence-corrected chi connectivity index (χ3v) is 6.07. The fourth-order valence-corrected chi connectivity index (χ4v) is 4.41. The predicted molar refractivity (Wildman–Crippen MR) is 103 cm³/mol. The van der Waals surface area contributed by atoms with Crippen LogP contribution < -0.4 is 15.4 Å². The number of nitrogens with one attached hydrogen (secondary N) is 2. The molecule has 2 aromatic carbocycles. The van der Waals surface area contributed by atoms with Crippen LogP contribution in [0.2, 0.25) is 0 Å². The number of ether oxygens (including phenoxy) is 2. The van der Waals surface area contributed by atoms with E-state index < -0.39 is 0 Å². The topological polar surface area (TPSA) is 76.7 Å². The minimum atomic E-state index is -0.253. The van der Waals surface area contributed by atoms with Gasteiger partial charge in [0.25, 0.3) is 11.8 Å². The Hall–Kier alpha value is -2.86. The van der Waals surface area contributed by atoms with Gasteiger partial charge in [-0.2, -0.15) is 0 Å². The molecule has 144 valence electrons. The zero-order valence-corrected chi connectivity index (χ0v) is 15.6. The molecule has 6 nitrogen and oxygen atoms in total. The van der Waals surface area contributed by atoms with E-state index in [1.807, 2.05) is 36.4 Å². The molecule has 2 aromatic rings. The van der Waals surface area contributed by atoms with Gasteiger partial charge in [0.15, 0.2) is 0 Å². The van der Waals surface area contributed by atoms with Gasteiger partial charge in [0, 0.05) is 42.0 Å². The van der Waals surface area contributed by atoms with E-state index in [9.17, 15) is 9.59 Å². The molecule has 0 unspecified atom stereocenters. The third kappa shape index (κ3) is 2.76. The van der Waals surface area contributed by atoms with Crippen molar-refractivity contribution in [1.29, 1.82) is 0 Å². The third-order valence-electron chi connectivity index (χ3n) is 6.07. The minimum absolute atomic E-state index is 0.000983. The molecule has 0 aromatic heterocycles.